The molecule has 3 unspecified atom stereocenters. The van der Waals surface area contributed by atoms with Crippen molar-refractivity contribution < 1.29 is 9.84 Å². The number of nitrogens with zero attached hydrogens (tertiary/aromatic N) is 5. The van der Waals surface area contributed by atoms with Gasteiger partial charge in [-0.1, -0.05) is 0 Å². The normalized spacial score (nSPS) is 29.5. The first kappa shape index (κ1) is 24.0. The molecule has 1 saturated heterocycles. The molecule has 0 aromatic carbocycles. The van der Waals surface area contributed by atoms with Crippen molar-refractivity contribution in [3.63, 3.8) is 0 Å². The number of pyridine rings is 1. The lowest BCUT2D eigenvalue weighted by Crippen LogP contribution is -2.60. The third kappa shape index (κ3) is 3.78. The van der Waals surface area contributed by atoms with E-state index in [-0.39, 0.29) is 11.3 Å². The molecule has 0 spiro atoms. The van der Waals surface area contributed by atoms with Crippen molar-refractivity contribution in [2.24, 2.45) is 0 Å². The van der Waals surface area contributed by atoms with Crippen LogP contribution in [0.2, 0.25) is 0 Å². The van der Waals surface area contributed by atoms with E-state index in [1.807, 2.05) is 12.1 Å². The van der Waals surface area contributed by atoms with Crippen LogP contribution in [-0.4, -0.2) is 69.3 Å². The molecule has 2 fully saturated rings. The fourth-order valence-electron chi connectivity index (χ4n) is 4.74. The van der Waals surface area contributed by atoms with E-state index in [4.69, 9.17) is 72.9 Å². The minimum atomic E-state index is -1.53. The number of fused-ring (bicyclic) bond motifs is 1. The van der Waals surface area contributed by atoms with Gasteiger partial charge in [0, 0.05) is 28.8 Å². The molecule has 0 amide bonds. The van der Waals surface area contributed by atoms with Gasteiger partial charge >= 0.3 is 0 Å². The fourth-order valence-corrected chi connectivity index (χ4v) is 6.98. The minimum absolute atomic E-state index is 0.115. The lowest BCUT2D eigenvalue weighted by atomic mass is 9.76. The third-order valence-electron chi connectivity index (χ3n) is 6.54. The second-order valence-electron chi connectivity index (χ2n) is 8.79. The van der Waals surface area contributed by atoms with Gasteiger partial charge in [0.2, 0.25) is 0 Å². The number of nitrogens with one attached hydrogen (secondary N) is 1. The number of morpholine rings is 1. The van der Waals surface area contributed by atoms with Crippen molar-refractivity contribution in [1.29, 1.82) is 0 Å². The molecule has 4 heterocycles. The molecule has 2 N–H and O–H groups in total. The largest absolute Gasteiger partial charge is 0.383 e. The number of rotatable bonds is 3. The number of hydrogen-bond acceptors (Lipinski definition) is 11. The first-order valence-electron chi connectivity index (χ1n) is 10.6. The molecule has 3 aromatic heterocycles. The maximum atomic E-state index is 12.3. The number of thiol groups is 5. The summed E-state index contributed by atoms with van der Waals surface area (Å²) in [6, 6.07) is 3.84. The lowest BCUT2D eigenvalue weighted by Gasteiger charge is -2.54. The summed E-state index contributed by atoms with van der Waals surface area (Å²) in [4.78, 5) is 7.13. The molecule has 1 aliphatic carbocycles. The lowest BCUT2D eigenvalue weighted by molar-refractivity contribution is -0.000613. The van der Waals surface area contributed by atoms with Crippen LogP contribution in [0.4, 0.5) is 5.82 Å². The van der Waals surface area contributed by atoms with E-state index in [0.29, 0.717) is 60.8 Å². The van der Waals surface area contributed by atoms with Gasteiger partial charge in [-0.05, 0) is 25.8 Å². The van der Waals surface area contributed by atoms with Crippen LogP contribution < -0.4 is 4.90 Å². The first-order chi connectivity index (χ1) is 15.5. The minimum Gasteiger partial charge on any atom is -0.383 e. The number of ether oxygens (including phenoxy) is 1. The molecular formula is C20H26N6O2S5. The van der Waals surface area contributed by atoms with Crippen molar-refractivity contribution >= 4 is 80.0 Å². The molecular weight excluding hydrogens is 517 g/mol. The number of aliphatic hydroxyl groups is 1. The Morgan fingerprint density at radius 1 is 1.24 bits per heavy atom. The van der Waals surface area contributed by atoms with Crippen LogP contribution in [0.5, 0.6) is 0 Å². The number of hydrogen-bond donors (Lipinski definition) is 7. The highest BCUT2D eigenvalue weighted by atomic mass is 32.2. The topological polar surface area (TPSA) is 92.1 Å². The van der Waals surface area contributed by atoms with Crippen LogP contribution >= 0.6 is 63.1 Å². The second-order valence-corrected chi connectivity index (χ2v) is 13.1. The predicted molar refractivity (Wildman–Crippen MR) is 146 cm³/mol. The van der Waals surface area contributed by atoms with Crippen LogP contribution in [0.25, 0.3) is 16.9 Å². The quantitative estimate of drug-likeness (QED) is 0.203. The molecule has 1 aliphatic heterocycles. The Morgan fingerprint density at radius 2 is 2.03 bits per heavy atom. The average molecular weight is 543 g/mol. The fraction of sp³-hybridized carbons (Fsp3) is 0.550. The van der Waals surface area contributed by atoms with E-state index in [1.54, 1.807) is 17.1 Å². The highest BCUT2D eigenvalue weighted by Crippen LogP contribution is 2.61. The van der Waals surface area contributed by atoms with Crippen molar-refractivity contribution in [1.82, 2.24) is 25.0 Å². The molecule has 0 radical (unpaired) electrons. The van der Waals surface area contributed by atoms with E-state index < -0.39 is 13.8 Å². The van der Waals surface area contributed by atoms with Crippen LogP contribution in [-0.2, 0) is 10.3 Å². The summed E-state index contributed by atoms with van der Waals surface area (Å²) in [7, 11) is 0. The Morgan fingerprint density at radius 3 is 2.73 bits per heavy atom. The zero-order valence-electron chi connectivity index (χ0n) is 17.8. The smallest absolute Gasteiger partial charge is 0.167 e. The maximum Gasteiger partial charge on any atom is 0.167 e. The van der Waals surface area contributed by atoms with E-state index in [9.17, 15) is 5.11 Å². The summed E-state index contributed by atoms with van der Waals surface area (Å²) < 4.78 is 5.02. The summed E-state index contributed by atoms with van der Waals surface area (Å²) in [5, 5.41) is 24.3. The molecule has 13 heteroatoms. The third-order valence-corrected chi connectivity index (χ3v) is 10.1. The molecule has 8 nitrogen and oxygen atoms in total. The van der Waals surface area contributed by atoms with E-state index in [0.717, 1.165) is 0 Å². The number of aromatic amines is 1. The Labute approximate surface area is 219 Å². The van der Waals surface area contributed by atoms with Crippen molar-refractivity contribution in [3.8, 4) is 5.82 Å². The summed E-state index contributed by atoms with van der Waals surface area (Å²) in [6.45, 7) is 3.96. The molecule has 5 rings (SSSR count). The van der Waals surface area contributed by atoms with Gasteiger partial charge in [0.15, 0.2) is 11.5 Å². The van der Waals surface area contributed by atoms with E-state index in [1.165, 1.54) is 0 Å². The second kappa shape index (κ2) is 8.45. The highest BCUT2D eigenvalue weighted by Gasteiger charge is 2.62. The Kier molecular flexibility index (Phi) is 6.15. The molecule has 3 atom stereocenters. The van der Waals surface area contributed by atoms with Gasteiger partial charge in [-0.3, -0.25) is 5.10 Å². The molecule has 1 saturated carbocycles. The standard InChI is InChI=1S/C20H26N6O2S5/c1-11-10-28-5-4-25(11)16-6-14(18(27)7-12(29)8-19(30,31)20(18,32)33)13-9-22-26(17(13)23-16)15-2-3-21-24-15/h2-3,6,9,11-12,27,29-33H,4-5,7-8,10H2,1H3,(H,21,24). The monoisotopic (exact) mass is 542 g/mol. The van der Waals surface area contributed by atoms with Gasteiger partial charge in [-0.2, -0.15) is 78.0 Å². The Bertz CT molecular complexity index is 1170. The predicted octanol–water partition coefficient (Wildman–Crippen LogP) is 2.76. The molecule has 2 aliphatic rings. The Hall–Kier alpha value is -0.700. The SMILES string of the molecule is CC1COCCN1c1cc(C2(O)CC(S)CC(S)(S)C2(S)S)c2cnn(-c3ccn[nH]3)c2n1. The highest BCUT2D eigenvalue weighted by molar-refractivity contribution is 8.08. The van der Waals surface area contributed by atoms with Gasteiger partial charge in [0.25, 0.3) is 0 Å². The zero-order valence-corrected chi connectivity index (χ0v) is 22.3. The van der Waals surface area contributed by atoms with Crippen molar-refractivity contribution in [2.45, 2.75) is 44.8 Å². The van der Waals surface area contributed by atoms with Crippen molar-refractivity contribution in [3.05, 3.63) is 30.1 Å². The molecule has 33 heavy (non-hydrogen) atoms. The average Bonchev–Trinajstić information content (AvgIpc) is 3.41. The van der Waals surface area contributed by atoms with Crippen LogP contribution in [0, 0.1) is 0 Å². The van der Waals surface area contributed by atoms with Crippen LogP contribution in [0.1, 0.15) is 25.3 Å². The van der Waals surface area contributed by atoms with Crippen LogP contribution in [0.15, 0.2) is 24.5 Å². The summed E-state index contributed by atoms with van der Waals surface area (Å²) in [5.74, 6) is 1.38. The van der Waals surface area contributed by atoms with E-state index >= 15 is 0 Å². The summed E-state index contributed by atoms with van der Waals surface area (Å²) in [6.07, 6.45) is 4.19. The van der Waals surface area contributed by atoms with Crippen molar-refractivity contribution in [2.75, 3.05) is 24.7 Å². The molecule has 3 aromatic rings. The van der Waals surface area contributed by atoms with Gasteiger partial charge in [-0.15, -0.1) is 0 Å². The van der Waals surface area contributed by atoms with Gasteiger partial charge in [0.05, 0.1) is 35.7 Å². The van der Waals surface area contributed by atoms with Crippen LogP contribution in [0.3, 0.4) is 0 Å². The Balaban J connectivity index is 1.77. The van der Waals surface area contributed by atoms with Gasteiger partial charge in [-0.25, -0.2) is 4.98 Å². The number of H-pyrrole nitrogens is 1. The first-order valence-corrected chi connectivity index (χ1v) is 12.9. The van der Waals surface area contributed by atoms with Gasteiger partial charge in [0.1, 0.15) is 15.5 Å². The maximum absolute atomic E-state index is 12.3. The zero-order chi connectivity index (χ0) is 23.6. The van der Waals surface area contributed by atoms with Gasteiger partial charge < -0.3 is 14.7 Å². The number of anilines is 1. The summed E-state index contributed by atoms with van der Waals surface area (Å²) >= 11 is 23.8. The van der Waals surface area contributed by atoms with E-state index in [2.05, 4.69) is 27.1 Å². The number of aromatic nitrogens is 5. The summed E-state index contributed by atoms with van der Waals surface area (Å²) in [5.41, 5.74) is -0.328. The molecule has 0 bridgehead atoms. The molecule has 178 valence electrons.